The van der Waals surface area contributed by atoms with Crippen molar-refractivity contribution in [2.75, 3.05) is 26.8 Å². The number of nitrogens with zero attached hydrogens (tertiary/aromatic N) is 4. The van der Waals surface area contributed by atoms with Gasteiger partial charge in [0.25, 0.3) is 6.47 Å². The monoisotopic (exact) mass is 553 g/mol. The van der Waals surface area contributed by atoms with Crippen LogP contribution in [0.4, 0.5) is 13.2 Å². The van der Waals surface area contributed by atoms with Crippen molar-refractivity contribution < 1.29 is 42.1 Å². The van der Waals surface area contributed by atoms with E-state index in [-0.39, 0.29) is 23.8 Å². The van der Waals surface area contributed by atoms with Crippen molar-refractivity contribution in [1.29, 1.82) is 0 Å². The van der Waals surface area contributed by atoms with Crippen LogP contribution in [0, 0.1) is 23.4 Å². The Kier molecular flexibility index (Phi) is 8.45. The Hall–Kier alpha value is -3.07. The first kappa shape index (κ1) is 27.5. The highest BCUT2D eigenvalue weighted by atomic mass is 19.2. The molecule has 0 saturated carbocycles. The maximum absolute atomic E-state index is 14.4. The molecule has 0 bridgehead atoms. The molecule has 212 valence electrons. The molecule has 0 spiro atoms. The molecule has 1 aromatic carbocycles. The van der Waals surface area contributed by atoms with Crippen molar-refractivity contribution in [3.05, 3.63) is 35.8 Å². The molecule has 3 aliphatic heterocycles. The number of aliphatic hydroxyl groups is 1. The van der Waals surface area contributed by atoms with Gasteiger partial charge in [-0.3, -0.25) is 4.79 Å². The molecular weight excluding hydrogens is 523 g/mol. The van der Waals surface area contributed by atoms with E-state index in [0.29, 0.717) is 18.8 Å². The van der Waals surface area contributed by atoms with Crippen molar-refractivity contribution in [1.82, 2.24) is 20.3 Å². The minimum atomic E-state index is -1.63. The van der Waals surface area contributed by atoms with Crippen LogP contribution in [0.25, 0.3) is 11.3 Å². The topological polar surface area (TPSA) is 129 Å². The second kappa shape index (κ2) is 12.0. The van der Waals surface area contributed by atoms with Crippen LogP contribution in [0.2, 0.25) is 0 Å². The number of aliphatic hydroxyl groups excluding tert-OH is 1. The van der Waals surface area contributed by atoms with Gasteiger partial charge in [-0.05, 0) is 38.1 Å². The number of halogens is 3. The highest BCUT2D eigenvalue weighted by Gasteiger charge is 2.50. The van der Waals surface area contributed by atoms with Gasteiger partial charge in [-0.2, -0.15) is 0 Å². The van der Waals surface area contributed by atoms with Gasteiger partial charge in [0.15, 0.2) is 23.6 Å². The molecule has 2 aromatic rings. The summed E-state index contributed by atoms with van der Waals surface area (Å²) in [6.07, 6.45) is 0.586. The van der Waals surface area contributed by atoms with Crippen LogP contribution in [-0.2, 0) is 23.8 Å². The van der Waals surface area contributed by atoms with Gasteiger partial charge in [0, 0.05) is 31.4 Å². The Morgan fingerprint density at radius 2 is 1.97 bits per heavy atom. The zero-order valence-corrected chi connectivity index (χ0v) is 21.2. The van der Waals surface area contributed by atoms with Crippen LogP contribution in [0.3, 0.4) is 0 Å². The van der Waals surface area contributed by atoms with Crippen LogP contribution < -0.4 is 5.32 Å². The highest BCUT2D eigenvalue weighted by Crippen LogP contribution is 2.37. The number of piperidine rings is 1. The normalized spacial score (nSPS) is 29.6. The Labute approximate surface area is 222 Å². The fourth-order valence-corrected chi connectivity index (χ4v) is 5.67. The Bertz CT molecular complexity index is 1190. The first-order valence-electron chi connectivity index (χ1n) is 12.8. The quantitative estimate of drug-likeness (QED) is 0.353. The van der Waals surface area contributed by atoms with Crippen molar-refractivity contribution >= 4 is 12.2 Å². The van der Waals surface area contributed by atoms with Gasteiger partial charge >= 0.3 is 0 Å². The zero-order chi connectivity index (χ0) is 27.5. The maximum Gasteiger partial charge on any atom is 0.293 e. The Morgan fingerprint density at radius 3 is 2.69 bits per heavy atom. The molecule has 2 N–H and O–H groups in total. The number of oxime groups is 1. The average Bonchev–Trinajstić information content (AvgIpc) is 3.63. The summed E-state index contributed by atoms with van der Waals surface area (Å²) in [5, 5.41) is 25.7. The van der Waals surface area contributed by atoms with Gasteiger partial charge in [0.05, 0.1) is 24.6 Å². The third-order valence-corrected chi connectivity index (χ3v) is 7.61. The molecule has 11 nitrogen and oxygen atoms in total. The van der Waals surface area contributed by atoms with Crippen LogP contribution in [0.5, 0.6) is 0 Å². The number of benzene rings is 1. The predicted octanol–water partition coefficient (Wildman–Crippen LogP) is 1.75. The smallest absolute Gasteiger partial charge is 0.293 e. The fourth-order valence-electron chi connectivity index (χ4n) is 5.67. The van der Waals surface area contributed by atoms with Crippen molar-refractivity contribution in [2.45, 2.75) is 62.2 Å². The maximum atomic E-state index is 14.4. The number of nitrogens with one attached hydrogen (secondary N) is 1. The summed E-state index contributed by atoms with van der Waals surface area (Å²) in [5.74, 6) is -4.02. The van der Waals surface area contributed by atoms with E-state index in [4.69, 9.17) is 19.0 Å². The van der Waals surface area contributed by atoms with E-state index in [1.54, 1.807) is 0 Å². The van der Waals surface area contributed by atoms with Gasteiger partial charge in [-0.1, -0.05) is 10.4 Å². The van der Waals surface area contributed by atoms with Crippen LogP contribution in [-0.4, -0.2) is 89.6 Å². The second-order valence-electron chi connectivity index (χ2n) is 9.86. The average molecular weight is 554 g/mol. The molecule has 1 aromatic heterocycles. The van der Waals surface area contributed by atoms with Gasteiger partial charge in [0.1, 0.15) is 30.0 Å². The minimum Gasteiger partial charge on any atom is -0.459 e. The number of methoxy groups -OCH3 is 1. The van der Waals surface area contributed by atoms with E-state index >= 15 is 0 Å². The number of ether oxygens (including phenoxy) is 3. The lowest BCUT2D eigenvalue weighted by Crippen LogP contribution is -2.58. The van der Waals surface area contributed by atoms with Crippen molar-refractivity contribution in [2.24, 2.45) is 11.1 Å². The number of rotatable bonds is 9. The van der Waals surface area contributed by atoms with Crippen LogP contribution >= 0.6 is 0 Å². The summed E-state index contributed by atoms with van der Waals surface area (Å²) in [7, 11) is 1.45. The number of carbonyl (C=O) groups is 1. The molecule has 2 fully saturated rings. The number of hydrogen-bond donors (Lipinski definition) is 2. The van der Waals surface area contributed by atoms with E-state index < -0.39 is 54.5 Å². The molecule has 14 heteroatoms. The number of aromatic nitrogens is 3. The summed E-state index contributed by atoms with van der Waals surface area (Å²) >= 11 is 0. The van der Waals surface area contributed by atoms with Crippen molar-refractivity contribution in [3.8, 4) is 11.3 Å². The van der Waals surface area contributed by atoms with E-state index in [2.05, 4.69) is 20.8 Å². The lowest BCUT2D eigenvalue weighted by Gasteiger charge is -2.45. The first-order chi connectivity index (χ1) is 18.9. The van der Waals surface area contributed by atoms with Gasteiger partial charge in [-0.15, -0.1) is 5.10 Å². The second-order valence-corrected chi connectivity index (χ2v) is 9.86. The molecule has 6 atom stereocenters. The highest BCUT2D eigenvalue weighted by molar-refractivity contribution is 5.87. The van der Waals surface area contributed by atoms with Crippen LogP contribution in [0.15, 0.2) is 23.5 Å². The molecule has 4 heterocycles. The minimum absolute atomic E-state index is 0.0752. The molecule has 2 saturated heterocycles. The lowest BCUT2D eigenvalue weighted by molar-refractivity contribution is -0.225. The zero-order valence-electron chi connectivity index (χ0n) is 21.2. The first-order valence-corrected chi connectivity index (χ1v) is 12.8. The summed E-state index contributed by atoms with van der Waals surface area (Å²) in [5.41, 5.74) is 0.637. The van der Waals surface area contributed by atoms with Gasteiger partial charge in [0.2, 0.25) is 0 Å². The number of carbonyl (C=O) groups excluding carboxylic acids is 1. The number of hydrogen-bond acceptors (Lipinski definition) is 10. The largest absolute Gasteiger partial charge is 0.459 e. The molecule has 0 unspecified atom stereocenters. The molecule has 5 rings (SSSR count). The summed E-state index contributed by atoms with van der Waals surface area (Å²) in [4.78, 5) is 17.1. The molecule has 0 aliphatic carbocycles. The third kappa shape index (κ3) is 5.51. The fraction of sp³-hybridized carbons (Fsp3) is 0.600. The van der Waals surface area contributed by atoms with Gasteiger partial charge < -0.3 is 29.5 Å². The standard InChI is InChI=1S/C25H30F3N5O6/c1-36-24-19(9-14-8-17(31-39-14)13-4-6-29-7-5-13)38-20(11-34)25(37-12-35)23(24)33-10-18(30-32-33)15-2-3-16(26)22(28)21(15)27/h2-3,10,12-14,19-20,23-25,29,34H,4-9,11H2,1H3/t14-,19-,20-,23+,24+,25+/m1/s1. The molecular formula is C25H30F3N5O6. The van der Waals surface area contributed by atoms with E-state index in [1.165, 1.54) is 18.0 Å². The third-order valence-electron chi connectivity index (χ3n) is 7.61. The van der Waals surface area contributed by atoms with E-state index in [0.717, 1.165) is 43.8 Å². The molecule has 3 aliphatic rings. The summed E-state index contributed by atoms with van der Waals surface area (Å²) in [6.45, 7) is 1.60. The molecule has 0 radical (unpaired) electrons. The molecule has 39 heavy (non-hydrogen) atoms. The molecule has 0 amide bonds. The van der Waals surface area contributed by atoms with E-state index in [9.17, 15) is 23.1 Å². The Balaban J connectivity index is 1.39. The van der Waals surface area contributed by atoms with Crippen LogP contribution in [0.1, 0.15) is 31.7 Å². The SMILES string of the molecule is CO[C@@H]1[C@H](n2cc(-c3ccc(F)c(F)c3F)nn2)[C@@H](OC=O)[C@@H](CO)O[C@@H]1C[C@H]1CC(C2CCNCC2)=NO1. The lowest BCUT2D eigenvalue weighted by atomic mass is 9.86. The predicted molar refractivity (Wildman–Crippen MR) is 129 cm³/mol. The van der Waals surface area contributed by atoms with E-state index in [1.807, 2.05) is 0 Å². The summed E-state index contributed by atoms with van der Waals surface area (Å²) < 4.78 is 60.2. The van der Waals surface area contributed by atoms with Gasteiger partial charge in [-0.25, -0.2) is 17.9 Å². The van der Waals surface area contributed by atoms with Crippen molar-refractivity contribution in [3.63, 3.8) is 0 Å². The Morgan fingerprint density at radius 1 is 1.18 bits per heavy atom. The summed E-state index contributed by atoms with van der Waals surface area (Å²) in [6, 6.07) is 0.976.